The number of benzene rings is 2. The van der Waals surface area contributed by atoms with Crippen LogP contribution in [0.25, 0.3) is 0 Å². The van der Waals surface area contributed by atoms with Gasteiger partial charge in [0.05, 0.1) is 18.2 Å². The van der Waals surface area contributed by atoms with Crippen LogP contribution in [-0.4, -0.2) is 10.5 Å². The third-order valence-electron chi connectivity index (χ3n) is 4.12. The minimum Gasteiger partial charge on any atom is -0.346 e. The van der Waals surface area contributed by atoms with Gasteiger partial charge in [0, 0.05) is 18.5 Å². The number of carbonyl (C=O) groups is 1. The molecule has 1 N–H and O–H groups in total. The Bertz CT molecular complexity index is 875. The maximum Gasteiger partial charge on any atom is 0.226 e. The van der Waals surface area contributed by atoms with Crippen molar-refractivity contribution in [2.45, 2.75) is 19.4 Å². The normalized spacial score (nSPS) is 12.0. The number of aromatic nitrogens is 1. The van der Waals surface area contributed by atoms with Gasteiger partial charge in [0.2, 0.25) is 5.91 Å². The van der Waals surface area contributed by atoms with Crippen LogP contribution in [0.4, 0.5) is 14.5 Å². The van der Waals surface area contributed by atoms with Gasteiger partial charge >= 0.3 is 0 Å². The molecular weight excluding hydrogens is 322 g/mol. The van der Waals surface area contributed by atoms with E-state index in [2.05, 4.69) is 5.32 Å². The number of nitrogens with one attached hydrogen (secondary N) is 1. The van der Waals surface area contributed by atoms with Gasteiger partial charge in [-0.15, -0.1) is 0 Å². The number of hydrogen-bond acceptors (Lipinski definition) is 1. The summed E-state index contributed by atoms with van der Waals surface area (Å²) in [6.07, 6.45) is 3.92. The lowest BCUT2D eigenvalue weighted by molar-refractivity contribution is -0.116. The fourth-order valence-corrected chi connectivity index (χ4v) is 2.86. The van der Waals surface area contributed by atoms with E-state index >= 15 is 0 Å². The van der Waals surface area contributed by atoms with Crippen LogP contribution in [0.1, 0.15) is 23.6 Å². The van der Waals surface area contributed by atoms with Crippen molar-refractivity contribution in [3.05, 3.63) is 89.8 Å². The summed E-state index contributed by atoms with van der Waals surface area (Å²) in [5.74, 6) is -1.81. The third-order valence-corrected chi connectivity index (χ3v) is 4.12. The Hall–Kier alpha value is -2.95. The van der Waals surface area contributed by atoms with E-state index in [1.165, 1.54) is 6.07 Å². The zero-order valence-electron chi connectivity index (χ0n) is 13.7. The van der Waals surface area contributed by atoms with Gasteiger partial charge in [-0.3, -0.25) is 4.79 Å². The lowest BCUT2D eigenvalue weighted by Gasteiger charge is -2.21. The number of amides is 1. The third kappa shape index (κ3) is 3.94. The molecular formula is C20H18F2N2O. The summed E-state index contributed by atoms with van der Waals surface area (Å²) in [7, 11) is 0. The minimum absolute atomic E-state index is 0.0255. The Labute approximate surface area is 144 Å². The highest BCUT2D eigenvalue weighted by Gasteiger charge is 2.19. The molecule has 128 valence electrons. The molecule has 1 heterocycles. The van der Waals surface area contributed by atoms with Crippen molar-refractivity contribution >= 4 is 11.6 Å². The predicted molar refractivity (Wildman–Crippen MR) is 93.4 cm³/mol. The van der Waals surface area contributed by atoms with Gasteiger partial charge in [0.1, 0.15) is 11.6 Å². The van der Waals surface area contributed by atoms with Gasteiger partial charge in [0.25, 0.3) is 0 Å². The molecule has 3 nitrogen and oxygen atoms in total. The Morgan fingerprint density at radius 2 is 1.80 bits per heavy atom. The topological polar surface area (TPSA) is 34.0 Å². The first-order valence-corrected chi connectivity index (χ1v) is 7.97. The van der Waals surface area contributed by atoms with Crippen LogP contribution in [0.5, 0.6) is 0 Å². The second-order valence-corrected chi connectivity index (χ2v) is 5.88. The van der Waals surface area contributed by atoms with Crippen molar-refractivity contribution in [1.29, 1.82) is 0 Å². The zero-order chi connectivity index (χ0) is 17.8. The second-order valence-electron chi connectivity index (χ2n) is 5.88. The number of anilines is 1. The van der Waals surface area contributed by atoms with Crippen molar-refractivity contribution in [3.8, 4) is 0 Å². The lowest BCUT2D eigenvalue weighted by atomic mass is 9.98. The first-order valence-electron chi connectivity index (χ1n) is 7.97. The largest absolute Gasteiger partial charge is 0.346 e. The molecule has 25 heavy (non-hydrogen) atoms. The Morgan fingerprint density at radius 1 is 1.08 bits per heavy atom. The van der Waals surface area contributed by atoms with Crippen LogP contribution >= 0.6 is 0 Å². The van der Waals surface area contributed by atoms with Crippen LogP contribution in [0.15, 0.2) is 67.0 Å². The molecule has 3 aromatic rings. The highest BCUT2D eigenvalue weighted by atomic mass is 19.1. The van der Waals surface area contributed by atoms with E-state index in [0.717, 1.165) is 23.3 Å². The standard InChI is InChI=1S/C20H18F2N2O/c1-14-6-2-3-7-16(14)19(24-10-4-5-11-24)13-20(25)23-18-9-8-15(21)12-17(18)22/h2-12,19H,13H2,1H3,(H,23,25). The number of nitrogens with zero attached hydrogens (tertiary/aromatic N) is 1. The van der Waals surface area contributed by atoms with E-state index in [-0.39, 0.29) is 24.1 Å². The summed E-state index contributed by atoms with van der Waals surface area (Å²) in [4.78, 5) is 12.5. The van der Waals surface area contributed by atoms with Crippen molar-refractivity contribution in [3.63, 3.8) is 0 Å². The Kier molecular flexibility index (Phi) is 4.93. The quantitative estimate of drug-likeness (QED) is 0.718. The predicted octanol–water partition coefficient (Wildman–Crippen LogP) is 4.69. The van der Waals surface area contributed by atoms with E-state index in [1.54, 1.807) is 0 Å². The molecule has 0 bridgehead atoms. The number of aryl methyl sites for hydroxylation is 1. The van der Waals surface area contributed by atoms with Crippen molar-refractivity contribution in [2.75, 3.05) is 5.32 Å². The van der Waals surface area contributed by atoms with Crippen molar-refractivity contribution in [1.82, 2.24) is 4.57 Å². The first-order chi connectivity index (χ1) is 12.0. The van der Waals surface area contributed by atoms with E-state index in [9.17, 15) is 13.6 Å². The van der Waals surface area contributed by atoms with Gasteiger partial charge in [-0.2, -0.15) is 0 Å². The first kappa shape index (κ1) is 16.9. The molecule has 0 fully saturated rings. The summed E-state index contributed by atoms with van der Waals surface area (Å²) >= 11 is 0. The molecule has 5 heteroatoms. The number of hydrogen-bond donors (Lipinski definition) is 1. The molecule has 1 atom stereocenters. The fraction of sp³-hybridized carbons (Fsp3) is 0.150. The van der Waals surface area contributed by atoms with Gasteiger partial charge in [-0.1, -0.05) is 24.3 Å². The van der Waals surface area contributed by atoms with E-state index < -0.39 is 11.6 Å². The minimum atomic E-state index is -0.790. The van der Waals surface area contributed by atoms with E-state index in [4.69, 9.17) is 0 Å². The lowest BCUT2D eigenvalue weighted by Crippen LogP contribution is -2.20. The van der Waals surface area contributed by atoms with Gasteiger partial charge in [0.15, 0.2) is 0 Å². The number of halogens is 2. The second kappa shape index (κ2) is 7.30. The monoisotopic (exact) mass is 340 g/mol. The molecule has 0 aliphatic carbocycles. The molecule has 0 aliphatic rings. The molecule has 0 aliphatic heterocycles. The number of rotatable bonds is 5. The van der Waals surface area contributed by atoms with Crippen molar-refractivity contribution in [2.24, 2.45) is 0 Å². The van der Waals surface area contributed by atoms with Gasteiger partial charge in [-0.05, 0) is 42.3 Å². The fourth-order valence-electron chi connectivity index (χ4n) is 2.86. The summed E-state index contributed by atoms with van der Waals surface area (Å²) in [5, 5.41) is 2.53. The van der Waals surface area contributed by atoms with Crippen LogP contribution in [0, 0.1) is 18.6 Å². The zero-order valence-corrected chi connectivity index (χ0v) is 13.7. The number of carbonyl (C=O) groups excluding carboxylic acids is 1. The molecule has 3 rings (SSSR count). The average molecular weight is 340 g/mol. The van der Waals surface area contributed by atoms with E-state index in [0.29, 0.717) is 0 Å². The molecule has 0 radical (unpaired) electrons. The highest BCUT2D eigenvalue weighted by Crippen LogP contribution is 2.26. The molecule has 2 aromatic carbocycles. The molecule has 0 saturated heterocycles. The summed E-state index contributed by atoms with van der Waals surface area (Å²) in [5.41, 5.74) is 2.07. The van der Waals surface area contributed by atoms with Gasteiger partial charge in [-0.25, -0.2) is 8.78 Å². The van der Waals surface area contributed by atoms with E-state index in [1.807, 2.05) is 60.3 Å². The smallest absolute Gasteiger partial charge is 0.226 e. The summed E-state index contributed by atoms with van der Waals surface area (Å²) in [6.45, 7) is 1.99. The maximum atomic E-state index is 13.7. The van der Waals surface area contributed by atoms with Crippen LogP contribution in [0.3, 0.4) is 0 Å². The molecule has 0 spiro atoms. The summed E-state index contributed by atoms with van der Waals surface area (Å²) in [6, 6.07) is 14.5. The Morgan fingerprint density at radius 3 is 2.48 bits per heavy atom. The average Bonchev–Trinajstić information content (AvgIpc) is 3.10. The maximum absolute atomic E-state index is 13.7. The van der Waals surface area contributed by atoms with Gasteiger partial charge < -0.3 is 9.88 Å². The summed E-state index contributed by atoms with van der Waals surface area (Å²) < 4.78 is 28.7. The molecule has 1 unspecified atom stereocenters. The SMILES string of the molecule is Cc1ccccc1C(CC(=O)Nc1ccc(F)cc1F)n1cccc1. The molecule has 1 aromatic heterocycles. The molecule has 1 amide bonds. The Balaban J connectivity index is 1.83. The van der Waals surface area contributed by atoms with Crippen LogP contribution in [-0.2, 0) is 4.79 Å². The molecule has 0 saturated carbocycles. The highest BCUT2D eigenvalue weighted by molar-refractivity contribution is 5.91. The van der Waals surface area contributed by atoms with Crippen LogP contribution < -0.4 is 5.32 Å². The van der Waals surface area contributed by atoms with Crippen molar-refractivity contribution < 1.29 is 13.6 Å². The van der Waals surface area contributed by atoms with Crippen LogP contribution in [0.2, 0.25) is 0 Å².